The van der Waals surface area contributed by atoms with Gasteiger partial charge in [-0.05, 0) is 69.2 Å². The van der Waals surface area contributed by atoms with Crippen molar-refractivity contribution in [2.75, 3.05) is 48.2 Å². The number of benzene rings is 3. The molecule has 1 unspecified atom stereocenters. The summed E-state index contributed by atoms with van der Waals surface area (Å²) >= 11 is 0.960. The highest BCUT2D eigenvalue weighted by Gasteiger charge is 2.32. The van der Waals surface area contributed by atoms with Crippen molar-refractivity contribution in [3.8, 4) is 17.2 Å². The Morgan fingerprint density at radius 1 is 0.957 bits per heavy atom. The van der Waals surface area contributed by atoms with Crippen LogP contribution in [0.2, 0.25) is 0 Å². The number of anilines is 3. The molecule has 2 saturated heterocycles. The van der Waals surface area contributed by atoms with Gasteiger partial charge in [-0.2, -0.15) is 0 Å². The molecule has 0 spiro atoms. The van der Waals surface area contributed by atoms with Crippen molar-refractivity contribution in [1.82, 2.24) is 5.32 Å². The van der Waals surface area contributed by atoms with Crippen LogP contribution in [0.3, 0.4) is 0 Å². The van der Waals surface area contributed by atoms with Crippen LogP contribution in [0.1, 0.15) is 33.3 Å². The fourth-order valence-electron chi connectivity index (χ4n) is 4.95. The van der Waals surface area contributed by atoms with Gasteiger partial charge in [-0.3, -0.25) is 24.6 Å². The van der Waals surface area contributed by atoms with E-state index in [1.807, 2.05) is 24.3 Å². The Morgan fingerprint density at radius 2 is 1.64 bits per heavy atom. The first kappa shape index (κ1) is 33.6. The lowest BCUT2D eigenvalue weighted by atomic mass is 10.1. The van der Waals surface area contributed by atoms with Gasteiger partial charge in [0, 0.05) is 44.9 Å². The highest BCUT2D eigenvalue weighted by molar-refractivity contribution is 8.15. The molecule has 0 aromatic heterocycles. The standard InChI is InChI=1S/C34H38N4O8S/c1-22(39)38(46-25-11-9-23(10-12-25)19-30-31(40)35-32(41)47-30)28-14-13-27(21-29(28)36(5)33(42)45-34(2,3)4)44-26-8-6-7-24(20-26)37-15-17-43-18-16-37/h6-14,20-21,30H,15-19H2,1-5H3,(H,35,40,41). The number of hydrogen-bond donors (Lipinski definition) is 1. The predicted octanol–water partition coefficient (Wildman–Crippen LogP) is 5.93. The Balaban J connectivity index is 1.41. The topological polar surface area (TPSA) is 127 Å². The zero-order valence-electron chi connectivity index (χ0n) is 27.0. The molecule has 4 amide bonds. The number of hydrogen-bond acceptors (Lipinski definition) is 10. The summed E-state index contributed by atoms with van der Waals surface area (Å²) in [5.74, 6) is 0.609. The van der Waals surface area contributed by atoms with Crippen molar-refractivity contribution >= 4 is 52.0 Å². The first-order chi connectivity index (χ1) is 22.4. The highest BCUT2D eigenvalue weighted by atomic mass is 32.2. The van der Waals surface area contributed by atoms with E-state index in [9.17, 15) is 19.2 Å². The van der Waals surface area contributed by atoms with Crippen molar-refractivity contribution in [2.24, 2.45) is 0 Å². The molecule has 2 heterocycles. The Hall–Kier alpha value is -4.75. The molecule has 5 rings (SSSR count). The molecule has 3 aromatic carbocycles. The third-order valence-corrected chi connectivity index (χ3v) is 8.20. The molecular formula is C34H38N4O8S. The third-order valence-electron chi connectivity index (χ3n) is 7.22. The van der Waals surface area contributed by atoms with Gasteiger partial charge < -0.3 is 23.9 Å². The van der Waals surface area contributed by atoms with Gasteiger partial charge in [0.15, 0.2) is 5.75 Å². The van der Waals surface area contributed by atoms with Gasteiger partial charge in [0.1, 0.15) is 22.8 Å². The smallest absolute Gasteiger partial charge is 0.414 e. The normalized spacial score (nSPS) is 16.4. The molecule has 1 atom stereocenters. The number of nitrogens with one attached hydrogen (secondary N) is 1. The number of imide groups is 1. The number of morpholine rings is 1. The van der Waals surface area contributed by atoms with Crippen LogP contribution in [-0.4, -0.2) is 67.3 Å². The Kier molecular flexibility index (Phi) is 10.3. The zero-order valence-corrected chi connectivity index (χ0v) is 27.8. The first-order valence-electron chi connectivity index (χ1n) is 15.2. The SMILES string of the molecule is CC(=O)N(Oc1ccc(CC2SC(=O)NC2=O)cc1)c1ccc(Oc2cccc(N3CCOCC3)c2)cc1N(C)C(=O)OC(C)(C)C. The third kappa shape index (κ3) is 8.74. The number of thioether (sulfide) groups is 1. The number of rotatable bonds is 9. The second kappa shape index (κ2) is 14.3. The van der Waals surface area contributed by atoms with E-state index in [4.69, 9.17) is 19.0 Å². The summed E-state index contributed by atoms with van der Waals surface area (Å²) in [6.07, 6.45) is -0.272. The molecule has 0 saturated carbocycles. The van der Waals surface area contributed by atoms with Crippen molar-refractivity contribution in [1.29, 1.82) is 0 Å². The van der Waals surface area contributed by atoms with Crippen LogP contribution in [0.15, 0.2) is 66.7 Å². The monoisotopic (exact) mass is 662 g/mol. The van der Waals surface area contributed by atoms with Gasteiger partial charge in [-0.15, -0.1) is 5.06 Å². The first-order valence-corrected chi connectivity index (χ1v) is 16.0. The van der Waals surface area contributed by atoms with Gasteiger partial charge in [0.05, 0.1) is 24.2 Å². The predicted molar refractivity (Wildman–Crippen MR) is 179 cm³/mol. The van der Waals surface area contributed by atoms with Gasteiger partial charge in [0.25, 0.3) is 11.1 Å². The van der Waals surface area contributed by atoms with Crippen molar-refractivity contribution in [3.63, 3.8) is 0 Å². The molecule has 0 bridgehead atoms. The average molecular weight is 663 g/mol. The van der Waals surface area contributed by atoms with E-state index in [2.05, 4.69) is 10.2 Å². The summed E-state index contributed by atoms with van der Waals surface area (Å²) in [6.45, 7) is 9.54. The van der Waals surface area contributed by atoms with Crippen LogP contribution in [0, 0.1) is 0 Å². The van der Waals surface area contributed by atoms with Crippen LogP contribution < -0.4 is 29.8 Å². The number of ether oxygens (including phenoxy) is 3. The van der Waals surface area contributed by atoms with Gasteiger partial charge in [-0.1, -0.05) is 30.0 Å². The lowest BCUT2D eigenvalue weighted by Gasteiger charge is -2.29. The lowest BCUT2D eigenvalue weighted by Crippen LogP contribution is -2.37. The van der Waals surface area contributed by atoms with E-state index >= 15 is 0 Å². The van der Waals surface area contributed by atoms with Crippen LogP contribution >= 0.6 is 11.8 Å². The maximum Gasteiger partial charge on any atom is 0.414 e. The van der Waals surface area contributed by atoms with Crippen LogP contribution in [-0.2, 0) is 25.5 Å². The van der Waals surface area contributed by atoms with E-state index in [0.717, 1.165) is 41.2 Å². The Morgan fingerprint density at radius 3 is 2.28 bits per heavy atom. The summed E-state index contributed by atoms with van der Waals surface area (Å²) in [6, 6.07) is 19.6. The Bertz CT molecular complexity index is 1640. The number of amides is 4. The van der Waals surface area contributed by atoms with E-state index < -0.39 is 22.9 Å². The van der Waals surface area contributed by atoms with Gasteiger partial charge in [-0.25, -0.2) is 4.79 Å². The van der Waals surface area contributed by atoms with Crippen molar-refractivity contribution in [3.05, 3.63) is 72.3 Å². The number of hydroxylamine groups is 1. The largest absolute Gasteiger partial charge is 0.457 e. The second-order valence-corrected chi connectivity index (χ2v) is 13.2. The Labute approximate surface area is 277 Å². The fraction of sp³-hybridized carbons (Fsp3) is 0.353. The molecule has 12 nitrogen and oxygen atoms in total. The van der Waals surface area contributed by atoms with E-state index in [1.54, 1.807) is 70.3 Å². The molecule has 2 aliphatic heterocycles. The van der Waals surface area contributed by atoms with E-state index in [-0.39, 0.29) is 16.8 Å². The summed E-state index contributed by atoms with van der Waals surface area (Å²) in [5.41, 5.74) is 1.65. The molecule has 248 valence electrons. The van der Waals surface area contributed by atoms with Gasteiger partial charge in [0.2, 0.25) is 5.91 Å². The summed E-state index contributed by atoms with van der Waals surface area (Å²) < 4.78 is 17.3. The molecule has 3 aromatic rings. The quantitative estimate of drug-likeness (QED) is 0.276. The number of carbonyl (C=O) groups excluding carboxylic acids is 4. The molecule has 2 aliphatic rings. The summed E-state index contributed by atoms with van der Waals surface area (Å²) in [7, 11) is 1.55. The zero-order chi connectivity index (χ0) is 33.7. The molecule has 0 aliphatic carbocycles. The average Bonchev–Trinajstić information content (AvgIpc) is 3.35. The molecule has 47 heavy (non-hydrogen) atoms. The maximum atomic E-state index is 13.2. The van der Waals surface area contributed by atoms with Crippen molar-refractivity contribution in [2.45, 2.75) is 45.0 Å². The van der Waals surface area contributed by atoms with E-state index in [0.29, 0.717) is 42.6 Å². The molecular weight excluding hydrogens is 624 g/mol. The number of nitrogens with zero attached hydrogens (tertiary/aromatic N) is 3. The maximum absolute atomic E-state index is 13.2. The van der Waals surface area contributed by atoms with Crippen molar-refractivity contribution < 1.29 is 38.2 Å². The van der Waals surface area contributed by atoms with Crippen LogP contribution in [0.5, 0.6) is 17.2 Å². The minimum Gasteiger partial charge on any atom is -0.457 e. The lowest BCUT2D eigenvalue weighted by molar-refractivity contribution is -0.120. The molecule has 2 fully saturated rings. The second-order valence-electron chi connectivity index (χ2n) is 12.0. The van der Waals surface area contributed by atoms with Crippen LogP contribution in [0.4, 0.5) is 26.7 Å². The summed E-state index contributed by atoms with van der Waals surface area (Å²) in [4.78, 5) is 59.3. The van der Waals surface area contributed by atoms with Crippen LogP contribution in [0.25, 0.3) is 0 Å². The minimum absolute atomic E-state index is 0.280. The van der Waals surface area contributed by atoms with Gasteiger partial charge >= 0.3 is 6.09 Å². The fourth-order valence-corrected chi connectivity index (χ4v) is 5.81. The molecule has 1 N–H and O–H groups in total. The minimum atomic E-state index is -0.761. The highest BCUT2D eigenvalue weighted by Crippen LogP contribution is 2.37. The summed E-state index contributed by atoms with van der Waals surface area (Å²) in [5, 5.41) is 2.52. The van der Waals surface area contributed by atoms with E-state index in [1.165, 1.54) is 11.8 Å². The number of carbonyl (C=O) groups is 4. The molecule has 13 heteroatoms. The molecule has 0 radical (unpaired) electrons.